The highest BCUT2D eigenvalue weighted by molar-refractivity contribution is 8.03. The van der Waals surface area contributed by atoms with Crippen LogP contribution in [-0.2, 0) is 4.79 Å². The SMILES string of the molecule is CCCSC1=C(C#N)[C@H](c2ccc(O)c(OCC)c2)CC(=O)N1. The number of benzene rings is 1. The van der Waals surface area contributed by atoms with Gasteiger partial charge in [0.2, 0.25) is 5.91 Å². The number of rotatable bonds is 6. The summed E-state index contributed by atoms with van der Waals surface area (Å²) in [5.74, 6) is 0.856. The van der Waals surface area contributed by atoms with E-state index >= 15 is 0 Å². The highest BCUT2D eigenvalue weighted by Crippen LogP contribution is 2.39. The lowest BCUT2D eigenvalue weighted by atomic mass is 9.87. The van der Waals surface area contributed by atoms with Crippen LogP contribution in [0, 0.1) is 11.3 Å². The Kier molecular flexibility index (Phi) is 5.94. The largest absolute Gasteiger partial charge is 0.504 e. The molecule has 2 rings (SSSR count). The maximum Gasteiger partial charge on any atom is 0.225 e. The summed E-state index contributed by atoms with van der Waals surface area (Å²) in [7, 11) is 0. The van der Waals surface area contributed by atoms with Crippen LogP contribution in [0.5, 0.6) is 11.5 Å². The smallest absolute Gasteiger partial charge is 0.225 e. The number of amides is 1. The normalized spacial score (nSPS) is 17.6. The summed E-state index contributed by atoms with van der Waals surface area (Å²) >= 11 is 1.49. The molecule has 0 radical (unpaired) electrons. The van der Waals surface area contributed by atoms with Gasteiger partial charge in [0.1, 0.15) is 0 Å². The molecule has 1 aliphatic heterocycles. The molecule has 6 heteroatoms. The lowest BCUT2D eigenvalue weighted by Gasteiger charge is -2.25. The van der Waals surface area contributed by atoms with Gasteiger partial charge < -0.3 is 15.2 Å². The topological polar surface area (TPSA) is 82.3 Å². The lowest BCUT2D eigenvalue weighted by molar-refractivity contribution is -0.120. The van der Waals surface area contributed by atoms with E-state index in [1.807, 2.05) is 6.92 Å². The molecule has 0 fully saturated rings. The average molecular weight is 332 g/mol. The second-order valence-electron chi connectivity index (χ2n) is 5.17. The third-order valence-electron chi connectivity index (χ3n) is 3.49. The van der Waals surface area contributed by atoms with E-state index in [4.69, 9.17) is 4.74 Å². The number of carbonyl (C=O) groups is 1. The predicted molar refractivity (Wildman–Crippen MR) is 90.2 cm³/mol. The Balaban J connectivity index is 2.41. The second-order valence-corrected chi connectivity index (χ2v) is 6.27. The van der Waals surface area contributed by atoms with Gasteiger partial charge in [0.25, 0.3) is 0 Å². The Morgan fingerprint density at radius 1 is 1.48 bits per heavy atom. The van der Waals surface area contributed by atoms with Gasteiger partial charge in [0.05, 0.1) is 23.3 Å². The first-order valence-electron chi connectivity index (χ1n) is 7.63. The number of hydrogen-bond acceptors (Lipinski definition) is 5. The molecule has 0 saturated carbocycles. The van der Waals surface area contributed by atoms with E-state index in [1.165, 1.54) is 11.8 Å². The van der Waals surface area contributed by atoms with Crippen molar-refractivity contribution in [3.8, 4) is 17.6 Å². The third kappa shape index (κ3) is 3.99. The minimum atomic E-state index is -0.312. The summed E-state index contributed by atoms with van der Waals surface area (Å²) in [5.41, 5.74) is 1.36. The van der Waals surface area contributed by atoms with E-state index in [2.05, 4.69) is 18.3 Å². The van der Waals surface area contributed by atoms with Crippen LogP contribution in [0.2, 0.25) is 0 Å². The first-order valence-corrected chi connectivity index (χ1v) is 8.61. The van der Waals surface area contributed by atoms with E-state index in [0.29, 0.717) is 23.0 Å². The van der Waals surface area contributed by atoms with Crippen molar-refractivity contribution in [2.75, 3.05) is 12.4 Å². The third-order valence-corrected chi connectivity index (χ3v) is 4.72. The van der Waals surface area contributed by atoms with Crippen molar-refractivity contribution in [3.05, 3.63) is 34.4 Å². The van der Waals surface area contributed by atoms with Crippen LogP contribution < -0.4 is 10.1 Å². The molecule has 1 aromatic rings. The van der Waals surface area contributed by atoms with Gasteiger partial charge in [-0.2, -0.15) is 5.26 Å². The Labute approximate surface area is 140 Å². The monoisotopic (exact) mass is 332 g/mol. The lowest BCUT2D eigenvalue weighted by Crippen LogP contribution is -2.30. The maximum atomic E-state index is 12.0. The number of ether oxygens (including phenoxy) is 1. The maximum absolute atomic E-state index is 12.0. The summed E-state index contributed by atoms with van der Waals surface area (Å²) in [4.78, 5) is 12.0. The number of phenolic OH excluding ortho intramolecular Hbond substituents is 1. The second kappa shape index (κ2) is 7.93. The Bertz CT molecular complexity index is 664. The van der Waals surface area contributed by atoms with Crippen molar-refractivity contribution < 1.29 is 14.6 Å². The molecule has 1 heterocycles. The van der Waals surface area contributed by atoms with Gasteiger partial charge in [-0.25, -0.2) is 0 Å². The van der Waals surface area contributed by atoms with Crippen LogP contribution in [0.3, 0.4) is 0 Å². The Morgan fingerprint density at radius 3 is 2.91 bits per heavy atom. The molecule has 23 heavy (non-hydrogen) atoms. The molecule has 0 aromatic heterocycles. The van der Waals surface area contributed by atoms with Crippen LogP contribution >= 0.6 is 11.8 Å². The zero-order chi connectivity index (χ0) is 16.8. The van der Waals surface area contributed by atoms with Crippen LogP contribution in [0.15, 0.2) is 28.8 Å². The fourth-order valence-electron chi connectivity index (χ4n) is 2.44. The molecule has 0 aliphatic carbocycles. The van der Waals surface area contributed by atoms with Gasteiger partial charge in [-0.05, 0) is 36.8 Å². The van der Waals surface area contributed by atoms with Crippen molar-refractivity contribution in [3.63, 3.8) is 0 Å². The van der Waals surface area contributed by atoms with Gasteiger partial charge in [-0.1, -0.05) is 13.0 Å². The molecular formula is C17H20N2O3S. The van der Waals surface area contributed by atoms with Crippen molar-refractivity contribution in [2.45, 2.75) is 32.6 Å². The number of nitrogens with zero attached hydrogens (tertiary/aromatic N) is 1. The minimum Gasteiger partial charge on any atom is -0.504 e. The standard InChI is InChI=1S/C17H20N2O3S/c1-3-7-23-17-13(10-18)12(9-16(21)19-17)11-5-6-14(20)15(8-11)22-4-2/h5-6,8,12,20H,3-4,7,9H2,1-2H3,(H,19,21)/t12-/m0/s1. The Hall–Kier alpha value is -2.13. The highest BCUT2D eigenvalue weighted by Gasteiger charge is 2.30. The van der Waals surface area contributed by atoms with Gasteiger partial charge in [0.15, 0.2) is 11.5 Å². The molecule has 5 nitrogen and oxygen atoms in total. The minimum absolute atomic E-state index is 0.0546. The summed E-state index contributed by atoms with van der Waals surface area (Å²) in [5, 5.41) is 22.8. The summed E-state index contributed by atoms with van der Waals surface area (Å²) in [6, 6.07) is 7.23. The van der Waals surface area contributed by atoms with Crippen molar-refractivity contribution in [1.82, 2.24) is 5.32 Å². The fraction of sp³-hybridized carbons (Fsp3) is 0.412. The van der Waals surface area contributed by atoms with E-state index in [9.17, 15) is 15.2 Å². The number of hydrogen-bond donors (Lipinski definition) is 2. The van der Waals surface area contributed by atoms with Crippen LogP contribution in [0.4, 0.5) is 0 Å². The molecule has 0 spiro atoms. The van der Waals surface area contributed by atoms with Gasteiger partial charge in [-0.3, -0.25) is 4.79 Å². The number of phenols is 1. The first kappa shape index (κ1) is 17.2. The fourth-order valence-corrected chi connectivity index (χ4v) is 3.38. The van der Waals surface area contributed by atoms with E-state index < -0.39 is 0 Å². The van der Waals surface area contributed by atoms with Gasteiger partial charge in [0, 0.05) is 12.3 Å². The molecule has 122 valence electrons. The van der Waals surface area contributed by atoms with Crippen molar-refractivity contribution in [2.24, 2.45) is 0 Å². The number of nitriles is 1. The number of aromatic hydroxyl groups is 1. The van der Waals surface area contributed by atoms with Crippen molar-refractivity contribution >= 4 is 17.7 Å². The van der Waals surface area contributed by atoms with Gasteiger partial charge >= 0.3 is 0 Å². The van der Waals surface area contributed by atoms with E-state index in [-0.39, 0.29) is 24.0 Å². The zero-order valence-corrected chi connectivity index (χ0v) is 14.1. The first-order chi connectivity index (χ1) is 11.1. The highest BCUT2D eigenvalue weighted by atomic mass is 32.2. The number of allylic oxidation sites excluding steroid dienone is 1. The number of carbonyl (C=O) groups excluding carboxylic acids is 1. The van der Waals surface area contributed by atoms with Crippen LogP contribution in [0.25, 0.3) is 0 Å². The molecule has 1 atom stereocenters. The summed E-state index contributed by atoms with van der Waals surface area (Å²) < 4.78 is 5.40. The van der Waals surface area contributed by atoms with E-state index in [0.717, 1.165) is 17.7 Å². The molecule has 1 aliphatic rings. The zero-order valence-electron chi connectivity index (χ0n) is 13.3. The molecule has 0 saturated heterocycles. The molecule has 0 bridgehead atoms. The summed E-state index contributed by atoms with van der Waals surface area (Å²) in [6.45, 7) is 4.32. The summed E-state index contributed by atoms with van der Waals surface area (Å²) in [6.07, 6.45) is 1.18. The van der Waals surface area contributed by atoms with Crippen LogP contribution in [0.1, 0.15) is 38.2 Å². The Morgan fingerprint density at radius 2 is 2.26 bits per heavy atom. The molecule has 1 amide bonds. The quantitative estimate of drug-likeness (QED) is 0.835. The number of nitrogens with one attached hydrogen (secondary N) is 1. The van der Waals surface area contributed by atoms with Gasteiger partial charge in [-0.15, -0.1) is 11.8 Å². The predicted octanol–water partition coefficient (Wildman–Crippen LogP) is 3.27. The average Bonchev–Trinajstić information content (AvgIpc) is 2.54. The molecule has 2 N–H and O–H groups in total. The van der Waals surface area contributed by atoms with E-state index in [1.54, 1.807) is 18.2 Å². The molecule has 1 aromatic carbocycles. The molecular weight excluding hydrogens is 312 g/mol. The van der Waals surface area contributed by atoms with Crippen molar-refractivity contribution in [1.29, 1.82) is 5.26 Å². The van der Waals surface area contributed by atoms with Crippen LogP contribution in [-0.4, -0.2) is 23.4 Å². The number of thioether (sulfide) groups is 1. The molecule has 0 unspecified atom stereocenters.